The molecule has 4 aromatic rings. The van der Waals surface area contributed by atoms with Crippen molar-refractivity contribution in [1.29, 1.82) is 0 Å². The molecule has 2 aromatic carbocycles. The number of aromatic nitrogens is 2. The van der Waals surface area contributed by atoms with E-state index in [0.717, 1.165) is 57.1 Å². The third kappa shape index (κ3) is 3.91. The molecule has 152 valence electrons. The van der Waals surface area contributed by atoms with Gasteiger partial charge in [0.25, 0.3) is 0 Å². The highest BCUT2D eigenvalue weighted by molar-refractivity contribution is 7.15. The molecule has 2 heterocycles. The zero-order valence-corrected chi connectivity index (χ0v) is 18.0. The summed E-state index contributed by atoms with van der Waals surface area (Å²) in [5, 5.41) is 14.5. The third-order valence-electron chi connectivity index (χ3n) is 5.09. The van der Waals surface area contributed by atoms with Crippen molar-refractivity contribution in [3.05, 3.63) is 70.2 Å². The molecule has 0 saturated carbocycles. The van der Waals surface area contributed by atoms with Crippen LogP contribution in [0.1, 0.15) is 40.3 Å². The summed E-state index contributed by atoms with van der Waals surface area (Å²) < 4.78 is 0. The van der Waals surface area contributed by atoms with E-state index in [0.29, 0.717) is 0 Å². The smallest absolute Gasteiger partial charge is 0.335 e. The fourth-order valence-electron chi connectivity index (χ4n) is 3.56. The number of nitrogens with zero attached hydrogens (tertiary/aromatic N) is 2. The van der Waals surface area contributed by atoms with E-state index in [-0.39, 0.29) is 5.56 Å². The standard InChI is InChI=1S/C24H23N3O2S/c1-4-19-20(5-2)26-23(21-11-6-14(3)30-21)27-22(19)25-18-10-9-15-12-17(24(28)29)8-7-16(15)13-18/h6-13H,4-5H2,1-3H3,(H,28,29)(H,25,26,27). The number of carbonyl (C=O) groups is 1. The summed E-state index contributed by atoms with van der Waals surface area (Å²) in [5.74, 6) is 0.652. The molecule has 0 fully saturated rings. The monoisotopic (exact) mass is 417 g/mol. The molecule has 2 N–H and O–H groups in total. The lowest BCUT2D eigenvalue weighted by Gasteiger charge is -2.15. The minimum atomic E-state index is -0.920. The van der Waals surface area contributed by atoms with Gasteiger partial charge >= 0.3 is 5.97 Å². The zero-order valence-electron chi connectivity index (χ0n) is 17.2. The van der Waals surface area contributed by atoms with Gasteiger partial charge in [-0.05, 0) is 66.9 Å². The second kappa shape index (κ2) is 8.24. The third-order valence-corrected chi connectivity index (χ3v) is 6.09. The number of aromatic carboxylic acids is 1. The molecule has 5 nitrogen and oxygen atoms in total. The lowest BCUT2D eigenvalue weighted by molar-refractivity contribution is 0.0697. The molecular weight excluding hydrogens is 394 g/mol. The van der Waals surface area contributed by atoms with E-state index in [1.165, 1.54) is 4.88 Å². The van der Waals surface area contributed by atoms with Crippen molar-refractivity contribution in [3.63, 3.8) is 0 Å². The van der Waals surface area contributed by atoms with Crippen molar-refractivity contribution < 1.29 is 9.90 Å². The summed E-state index contributed by atoms with van der Waals surface area (Å²) in [6.07, 6.45) is 1.68. The molecule has 0 aliphatic carbocycles. The molecule has 0 aliphatic rings. The number of rotatable bonds is 6. The lowest BCUT2D eigenvalue weighted by atomic mass is 10.1. The highest BCUT2D eigenvalue weighted by atomic mass is 32.1. The number of carboxylic acid groups (broad SMARTS) is 1. The van der Waals surface area contributed by atoms with Gasteiger partial charge in [0.15, 0.2) is 5.82 Å². The molecule has 2 aromatic heterocycles. The van der Waals surface area contributed by atoms with Crippen LogP contribution in [0, 0.1) is 6.92 Å². The first-order valence-electron chi connectivity index (χ1n) is 9.99. The van der Waals surface area contributed by atoms with Gasteiger partial charge in [-0.3, -0.25) is 0 Å². The summed E-state index contributed by atoms with van der Waals surface area (Å²) in [6, 6.07) is 15.2. The van der Waals surface area contributed by atoms with Gasteiger partial charge in [0.1, 0.15) is 5.82 Å². The first-order valence-corrected chi connectivity index (χ1v) is 10.8. The molecule has 4 rings (SSSR count). The first-order chi connectivity index (χ1) is 14.5. The summed E-state index contributed by atoms with van der Waals surface area (Å²) in [7, 11) is 0. The molecule has 30 heavy (non-hydrogen) atoms. The van der Waals surface area contributed by atoms with Gasteiger partial charge in [0, 0.05) is 21.8 Å². The van der Waals surface area contributed by atoms with E-state index < -0.39 is 5.97 Å². The zero-order chi connectivity index (χ0) is 21.3. The Morgan fingerprint density at radius 2 is 1.77 bits per heavy atom. The van der Waals surface area contributed by atoms with Gasteiger partial charge in [-0.15, -0.1) is 11.3 Å². The molecular formula is C24H23N3O2S. The van der Waals surface area contributed by atoms with E-state index in [1.54, 1.807) is 23.5 Å². The molecule has 0 aliphatic heterocycles. The average Bonchev–Trinajstić information content (AvgIpc) is 3.19. The number of hydrogen-bond acceptors (Lipinski definition) is 5. The van der Waals surface area contributed by atoms with Gasteiger partial charge in [-0.2, -0.15) is 0 Å². The Morgan fingerprint density at radius 3 is 2.43 bits per heavy atom. The quantitative estimate of drug-likeness (QED) is 0.389. The average molecular weight is 418 g/mol. The van der Waals surface area contributed by atoms with Crippen LogP contribution in [0.4, 0.5) is 11.5 Å². The van der Waals surface area contributed by atoms with E-state index >= 15 is 0 Å². The second-order valence-electron chi connectivity index (χ2n) is 7.15. The van der Waals surface area contributed by atoms with Crippen molar-refractivity contribution >= 4 is 39.6 Å². The van der Waals surface area contributed by atoms with Crippen molar-refractivity contribution in [1.82, 2.24) is 9.97 Å². The number of nitrogens with one attached hydrogen (secondary N) is 1. The minimum absolute atomic E-state index is 0.288. The van der Waals surface area contributed by atoms with E-state index in [4.69, 9.17) is 9.97 Å². The van der Waals surface area contributed by atoms with Crippen molar-refractivity contribution in [2.24, 2.45) is 0 Å². The van der Waals surface area contributed by atoms with Crippen molar-refractivity contribution in [3.8, 4) is 10.7 Å². The SMILES string of the molecule is CCc1nc(-c2ccc(C)s2)nc(Nc2ccc3cc(C(=O)O)ccc3c2)c1CC. The van der Waals surface area contributed by atoms with Crippen LogP contribution in [-0.4, -0.2) is 21.0 Å². The predicted octanol–water partition coefficient (Wildman–Crippen LogP) is 6.23. The Kier molecular flexibility index (Phi) is 5.50. The lowest BCUT2D eigenvalue weighted by Crippen LogP contribution is -2.06. The Bertz CT molecular complexity index is 1250. The van der Waals surface area contributed by atoms with E-state index in [9.17, 15) is 9.90 Å². The van der Waals surface area contributed by atoms with Gasteiger partial charge in [-0.1, -0.05) is 26.0 Å². The summed E-state index contributed by atoms with van der Waals surface area (Å²) in [6.45, 7) is 6.32. The van der Waals surface area contributed by atoms with Crippen molar-refractivity contribution in [2.45, 2.75) is 33.6 Å². The number of hydrogen-bond donors (Lipinski definition) is 2. The van der Waals surface area contributed by atoms with Crippen LogP contribution in [0.25, 0.3) is 21.5 Å². The first kappa shape index (κ1) is 20.0. The summed E-state index contributed by atoms with van der Waals surface area (Å²) >= 11 is 1.69. The minimum Gasteiger partial charge on any atom is -0.478 e. The van der Waals surface area contributed by atoms with Crippen LogP contribution in [0.15, 0.2) is 48.5 Å². The normalized spacial score (nSPS) is 11.0. The molecule has 0 saturated heterocycles. The van der Waals surface area contributed by atoms with Gasteiger partial charge in [0.05, 0.1) is 10.4 Å². The molecule has 0 amide bonds. The van der Waals surface area contributed by atoms with E-state index in [1.807, 2.05) is 24.3 Å². The number of thiophene rings is 1. The molecule has 0 unspecified atom stereocenters. The maximum atomic E-state index is 11.2. The highest BCUT2D eigenvalue weighted by Crippen LogP contribution is 2.31. The fourth-order valence-corrected chi connectivity index (χ4v) is 4.36. The van der Waals surface area contributed by atoms with E-state index in [2.05, 4.69) is 38.2 Å². The van der Waals surface area contributed by atoms with Crippen LogP contribution in [0.3, 0.4) is 0 Å². The Balaban J connectivity index is 1.75. The van der Waals surface area contributed by atoms with Gasteiger partial charge in [0.2, 0.25) is 0 Å². The molecule has 0 atom stereocenters. The second-order valence-corrected chi connectivity index (χ2v) is 8.43. The molecule has 0 radical (unpaired) electrons. The molecule has 6 heteroatoms. The summed E-state index contributed by atoms with van der Waals surface area (Å²) in [5.41, 5.74) is 3.38. The Labute approximate surface area is 179 Å². The topological polar surface area (TPSA) is 75.1 Å². The Hall–Kier alpha value is -3.25. The maximum absolute atomic E-state index is 11.2. The van der Waals surface area contributed by atoms with Crippen LogP contribution >= 0.6 is 11.3 Å². The number of fused-ring (bicyclic) bond motifs is 1. The number of aryl methyl sites for hydroxylation is 2. The fraction of sp³-hybridized carbons (Fsp3) is 0.208. The molecule has 0 bridgehead atoms. The molecule has 0 spiro atoms. The maximum Gasteiger partial charge on any atom is 0.335 e. The van der Waals surface area contributed by atoms with Gasteiger partial charge in [-0.25, -0.2) is 14.8 Å². The van der Waals surface area contributed by atoms with Gasteiger partial charge < -0.3 is 10.4 Å². The summed E-state index contributed by atoms with van der Waals surface area (Å²) in [4.78, 5) is 23.2. The van der Waals surface area contributed by atoms with Crippen molar-refractivity contribution in [2.75, 3.05) is 5.32 Å². The van der Waals surface area contributed by atoms with Crippen LogP contribution < -0.4 is 5.32 Å². The van der Waals surface area contributed by atoms with Crippen LogP contribution in [0.5, 0.6) is 0 Å². The van der Waals surface area contributed by atoms with Crippen LogP contribution in [0.2, 0.25) is 0 Å². The number of carboxylic acids is 1. The highest BCUT2D eigenvalue weighted by Gasteiger charge is 2.15. The number of benzene rings is 2. The largest absolute Gasteiger partial charge is 0.478 e. The van der Waals surface area contributed by atoms with Crippen LogP contribution in [-0.2, 0) is 12.8 Å². The Morgan fingerprint density at radius 1 is 1.00 bits per heavy atom. The predicted molar refractivity (Wildman–Crippen MR) is 123 cm³/mol. The number of anilines is 2.